The summed E-state index contributed by atoms with van der Waals surface area (Å²) in [5.74, 6) is 0. The second-order valence-corrected chi connectivity index (χ2v) is 4.68. The van der Waals surface area contributed by atoms with E-state index in [1.165, 1.54) is 0 Å². The van der Waals surface area contributed by atoms with Crippen molar-refractivity contribution in [1.29, 1.82) is 0 Å². The number of rotatable bonds is 6. The monoisotopic (exact) mass is 232 g/mol. The fourth-order valence-corrected chi connectivity index (χ4v) is 1.85. The highest BCUT2D eigenvalue weighted by Crippen LogP contribution is 2.21. The Hall–Kier alpha value is -0.160. The normalized spacial score (nSPS) is 30.6. The zero-order valence-electron chi connectivity index (χ0n) is 10.9. The smallest absolute Gasteiger partial charge is 0.114 e. The molecule has 0 aromatic rings. The molecule has 0 spiro atoms. The lowest BCUT2D eigenvalue weighted by molar-refractivity contribution is -0.0794. The van der Waals surface area contributed by atoms with Gasteiger partial charge in [-0.15, -0.1) is 0 Å². The van der Waals surface area contributed by atoms with Crippen LogP contribution in [-0.4, -0.2) is 50.8 Å². The first-order valence-electron chi connectivity index (χ1n) is 5.96. The van der Waals surface area contributed by atoms with Gasteiger partial charge in [0.2, 0.25) is 0 Å². The summed E-state index contributed by atoms with van der Waals surface area (Å²) in [6.07, 6.45) is 0.380. The van der Waals surface area contributed by atoms with E-state index >= 15 is 0 Å². The van der Waals surface area contributed by atoms with Crippen LogP contribution < -0.4 is 0 Å². The van der Waals surface area contributed by atoms with Crippen LogP contribution in [0.25, 0.3) is 0 Å². The van der Waals surface area contributed by atoms with Gasteiger partial charge >= 0.3 is 0 Å². The van der Waals surface area contributed by atoms with Crippen LogP contribution >= 0.6 is 0 Å². The van der Waals surface area contributed by atoms with Crippen molar-refractivity contribution in [3.8, 4) is 0 Å². The molecule has 3 atom stereocenters. The van der Waals surface area contributed by atoms with E-state index in [0.29, 0.717) is 13.2 Å². The summed E-state index contributed by atoms with van der Waals surface area (Å²) in [4.78, 5) is 0. The lowest BCUT2D eigenvalue weighted by atomic mass is 10.1. The van der Waals surface area contributed by atoms with Crippen LogP contribution in [0.5, 0.6) is 0 Å². The molecule has 0 N–H and O–H groups in total. The van der Waals surface area contributed by atoms with Crippen molar-refractivity contribution in [2.75, 3.05) is 20.3 Å². The van der Waals surface area contributed by atoms with Crippen molar-refractivity contribution in [3.63, 3.8) is 0 Å². The van der Waals surface area contributed by atoms with Gasteiger partial charge in [-0.05, 0) is 27.7 Å². The van der Waals surface area contributed by atoms with Crippen LogP contribution in [0.15, 0.2) is 0 Å². The Morgan fingerprint density at radius 1 is 1.19 bits per heavy atom. The zero-order chi connectivity index (χ0) is 12.1. The summed E-state index contributed by atoms with van der Waals surface area (Å²) in [5, 5.41) is 0. The van der Waals surface area contributed by atoms with E-state index < -0.39 is 0 Å². The number of methoxy groups -OCH3 is 1. The van der Waals surface area contributed by atoms with Gasteiger partial charge in [-0.2, -0.15) is 0 Å². The third kappa shape index (κ3) is 4.01. The molecule has 1 fully saturated rings. The summed E-state index contributed by atoms with van der Waals surface area (Å²) < 4.78 is 22.4. The molecule has 0 bridgehead atoms. The maximum atomic E-state index is 5.75. The van der Waals surface area contributed by atoms with Gasteiger partial charge in [0, 0.05) is 7.11 Å². The van der Waals surface area contributed by atoms with E-state index in [2.05, 4.69) is 0 Å². The molecule has 0 aliphatic carbocycles. The summed E-state index contributed by atoms with van der Waals surface area (Å²) in [6, 6.07) is 0. The average molecular weight is 232 g/mol. The molecule has 4 nitrogen and oxygen atoms in total. The van der Waals surface area contributed by atoms with Gasteiger partial charge in [-0.25, -0.2) is 0 Å². The van der Waals surface area contributed by atoms with Crippen molar-refractivity contribution < 1.29 is 18.9 Å². The largest absolute Gasteiger partial charge is 0.376 e. The molecule has 1 unspecified atom stereocenters. The minimum Gasteiger partial charge on any atom is -0.376 e. The molecular formula is C12H24O4. The van der Waals surface area contributed by atoms with Crippen molar-refractivity contribution in [3.05, 3.63) is 0 Å². The van der Waals surface area contributed by atoms with Crippen molar-refractivity contribution in [2.45, 2.75) is 58.2 Å². The van der Waals surface area contributed by atoms with Gasteiger partial charge in [-0.1, -0.05) is 0 Å². The van der Waals surface area contributed by atoms with Gasteiger partial charge in [0.1, 0.15) is 18.3 Å². The summed E-state index contributed by atoms with van der Waals surface area (Å²) in [7, 11) is 1.69. The first-order chi connectivity index (χ1) is 7.54. The van der Waals surface area contributed by atoms with Gasteiger partial charge in [0.25, 0.3) is 0 Å². The molecular weight excluding hydrogens is 208 g/mol. The van der Waals surface area contributed by atoms with Gasteiger partial charge in [-0.3, -0.25) is 0 Å². The third-order valence-electron chi connectivity index (χ3n) is 2.52. The maximum absolute atomic E-state index is 5.75. The summed E-state index contributed by atoms with van der Waals surface area (Å²) in [5.41, 5.74) is 0. The first kappa shape index (κ1) is 13.9. The molecule has 1 aliphatic heterocycles. The highest BCUT2D eigenvalue weighted by Gasteiger charge is 2.38. The standard InChI is InChI=1S/C12H24O4/c1-8(2)14-6-10-12(13-5)11(7-15-10)16-9(3)4/h8-12H,6-7H2,1-5H3/t10-,11?,12+/m1/s1. The Balaban J connectivity index is 2.42. The second kappa shape index (κ2) is 6.55. The molecule has 0 radical (unpaired) electrons. The van der Waals surface area contributed by atoms with Gasteiger partial charge in [0.15, 0.2) is 0 Å². The Morgan fingerprint density at radius 2 is 1.88 bits per heavy atom. The van der Waals surface area contributed by atoms with Crippen LogP contribution in [0.4, 0.5) is 0 Å². The van der Waals surface area contributed by atoms with Crippen molar-refractivity contribution in [1.82, 2.24) is 0 Å². The van der Waals surface area contributed by atoms with Crippen LogP contribution in [0.2, 0.25) is 0 Å². The number of hydrogen-bond donors (Lipinski definition) is 0. The Labute approximate surface area is 98.2 Å². The Morgan fingerprint density at radius 3 is 2.38 bits per heavy atom. The molecule has 1 heterocycles. The zero-order valence-corrected chi connectivity index (χ0v) is 10.9. The van der Waals surface area contributed by atoms with E-state index in [-0.39, 0.29) is 30.5 Å². The lowest BCUT2D eigenvalue weighted by Gasteiger charge is -2.23. The van der Waals surface area contributed by atoms with E-state index in [4.69, 9.17) is 18.9 Å². The van der Waals surface area contributed by atoms with E-state index in [0.717, 1.165) is 0 Å². The highest BCUT2D eigenvalue weighted by molar-refractivity contribution is 4.86. The molecule has 0 aromatic carbocycles. The maximum Gasteiger partial charge on any atom is 0.114 e. The second-order valence-electron chi connectivity index (χ2n) is 4.68. The van der Waals surface area contributed by atoms with Crippen LogP contribution in [-0.2, 0) is 18.9 Å². The average Bonchev–Trinajstić information content (AvgIpc) is 2.56. The molecule has 0 amide bonds. The molecule has 1 aliphatic rings. The minimum absolute atomic E-state index is 0.0175. The lowest BCUT2D eigenvalue weighted by Crippen LogP contribution is -2.38. The quantitative estimate of drug-likeness (QED) is 0.697. The fraction of sp³-hybridized carbons (Fsp3) is 1.00. The SMILES string of the molecule is CO[C@@H]1C(OC(C)C)CO[C@@H]1COC(C)C. The molecule has 4 heteroatoms. The topological polar surface area (TPSA) is 36.9 Å². The van der Waals surface area contributed by atoms with Crippen LogP contribution in [0.1, 0.15) is 27.7 Å². The van der Waals surface area contributed by atoms with Gasteiger partial charge in [0.05, 0.1) is 25.4 Å². The van der Waals surface area contributed by atoms with E-state index in [9.17, 15) is 0 Å². The molecule has 0 saturated carbocycles. The van der Waals surface area contributed by atoms with Crippen LogP contribution in [0, 0.1) is 0 Å². The van der Waals surface area contributed by atoms with Crippen molar-refractivity contribution >= 4 is 0 Å². The highest BCUT2D eigenvalue weighted by atomic mass is 16.6. The molecule has 0 aromatic heterocycles. The van der Waals surface area contributed by atoms with E-state index in [1.54, 1.807) is 7.11 Å². The van der Waals surface area contributed by atoms with Crippen LogP contribution in [0.3, 0.4) is 0 Å². The Kier molecular flexibility index (Phi) is 5.69. The Bertz CT molecular complexity index is 193. The predicted molar refractivity (Wildman–Crippen MR) is 61.6 cm³/mol. The molecule has 1 saturated heterocycles. The predicted octanol–water partition coefficient (Wildman–Crippen LogP) is 1.62. The first-order valence-corrected chi connectivity index (χ1v) is 5.96. The van der Waals surface area contributed by atoms with Crippen molar-refractivity contribution in [2.24, 2.45) is 0 Å². The fourth-order valence-electron chi connectivity index (χ4n) is 1.85. The molecule has 96 valence electrons. The third-order valence-corrected chi connectivity index (χ3v) is 2.52. The summed E-state index contributed by atoms with van der Waals surface area (Å²) in [6.45, 7) is 9.21. The summed E-state index contributed by atoms with van der Waals surface area (Å²) >= 11 is 0. The minimum atomic E-state index is -0.0267. The molecule has 1 rings (SSSR count). The number of hydrogen-bond acceptors (Lipinski definition) is 4. The number of ether oxygens (including phenoxy) is 4. The van der Waals surface area contributed by atoms with E-state index in [1.807, 2.05) is 27.7 Å². The van der Waals surface area contributed by atoms with Gasteiger partial charge < -0.3 is 18.9 Å². The molecule has 16 heavy (non-hydrogen) atoms.